The molecule has 1 fully saturated rings. The van der Waals surface area contributed by atoms with Gasteiger partial charge in [0.05, 0.1) is 13.2 Å². The van der Waals surface area contributed by atoms with E-state index in [4.69, 9.17) is 9.47 Å². The quantitative estimate of drug-likeness (QED) is 0.872. The summed E-state index contributed by atoms with van der Waals surface area (Å²) in [4.78, 5) is 18.5. The number of morpholine rings is 1. The van der Waals surface area contributed by atoms with Gasteiger partial charge in [0.25, 0.3) is 5.91 Å². The van der Waals surface area contributed by atoms with Gasteiger partial charge in [-0.05, 0) is 18.6 Å². The van der Waals surface area contributed by atoms with Gasteiger partial charge in [-0.3, -0.25) is 9.89 Å². The number of aromatic nitrogens is 3. The molecule has 7 nitrogen and oxygen atoms in total. The van der Waals surface area contributed by atoms with Crippen molar-refractivity contribution >= 4 is 5.91 Å². The van der Waals surface area contributed by atoms with Crippen LogP contribution < -0.4 is 4.74 Å². The van der Waals surface area contributed by atoms with Crippen LogP contribution in [0.4, 0.5) is 0 Å². The smallest absolute Gasteiger partial charge is 0.260 e. The predicted molar refractivity (Wildman–Crippen MR) is 87.6 cm³/mol. The summed E-state index contributed by atoms with van der Waals surface area (Å²) in [7, 11) is 0. The number of hydrogen-bond acceptors (Lipinski definition) is 5. The average molecular weight is 330 g/mol. The summed E-state index contributed by atoms with van der Waals surface area (Å²) < 4.78 is 11.2. The molecule has 1 aliphatic rings. The molecule has 0 radical (unpaired) electrons. The molecular formula is C17H22N4O3. The lowest BCUT2D eigenvalue weighted by molar-refractivity contribution is -0.141. The molecule has 1 aromatic carbocycles. The van der Waals surface area contributed by atoms with Crippen molar-refractivity contribution in [2.24, 2.45) is 0 Å². The fourth-order valence-corrected chi connectivity index (χ4v) is 2.59. The maximum Gasteiger partial charge on any atom is 0.260 e. The number of carbonyl (C=O) groups excluding carboxylic acids is 1. The highest BCUT2D eigenvalue weighted by Gasteiger charge is 2.28. The summed E-state index contributed by atoms with van der Waals surface area (Å²) in [6.45, 7) is 3.58. The monoisotopic (exact) mass is 330 g/mol. The van der Waals surface area contributed by atoms with Crippen molar-refractivity contribution in [3.8, 4) is 5.75 Å². The molecule has 0 spiro atoms. The highest BCUT2D eigenvalue weighted by atomic mass is 16.5. The zero-order valence-electron chi connectivity index (χ0n) is 13.8. The first-order valence-corrected chi connectivity index (χ1v) is 8.24. The first kappa shape index (κ1) is 16.4. The third-order valence-electron chi connectivity index (χ3n) is 3.85. The van der Waals surface area contributed by atoms with Crippen LogP contribution in [0.3, 0.4) is 0 Å². The standard InChI is InChI=1S/C17H22N4O3/c1-2-6-15-18-17(20-19-15)14-11-21(9-10-23-14)16(22)12-24-13-7-4-3-5-8-13/h3-5,7-8,14H,2,6,9-12H2,1H3,(H,18,19,20). The van der Waals surface area contributed by atoms with Gasteiger partial charge in [0.1, 0.15) is 17.7 Å². The van der Waals surface area contributed by atoms with E-state index < -0.39 is 0 Å². The Hall–Kier alpha value is -2.41. The van der Waals surface area contributed by atoms with Crippen molar-refractivity contribution in [1.82, 2.24) is 20.1 Å². The maximum atomic E-state index is 12.4. The first-order valence-electron chi connectivity index (χ1n) is 8.24. The summed E-state index contributed by atoms with van der Waals surface area (Å²) in [5, 5.41) is 7.14. The van der Waals surface area contributed by atoms with Crippen LogP contribution in [0, 0.1) is 0 Å². The number of aryl methyl sites for hydroxylation is 1. The molecule has 1 atom stereocenters. The molecule has 3 rings (SSSR count). The van der Waals surface area contributed by atoms with E-state index in [1.54, 1.807) is 4.90 Å². The Bertz CT molecular complexity index is 659. The first-order chi connectivity index (χ1) is 11.8. The van der Waals surface area contributed by atoms with Crippen LogP contribution in [0.2, 0.25) is 0 Å². The molecular weight excluding hydrogens is 308 g/mol. The number of carbonyl (C=O) groups is 1. The Balaban J connectivity index is 1.55. The summed E-state index contributed by atoms with van der Waals surface area (Å²) >= 11 is 0. The molecule has 1 saturated heterocycles. The molecule has 1 amide bonds. The molecule has 1 aromatic heterocycles. The zero-order chi connectivity index (χ0) is 16.8. The molecule has 1 unspecified atom stereocenters. The highest BCUT2D eigenvalue weighted by Crippen LogP contribution is 2.19. The van der Waals surface area contributed by atoms with Gasteiger partial charge in [0, 0.05) is 13.0 Å². The second-order valence-corrected chi connectivity index (χ2v) is 5.69. The molecule has 0 aliphatic carbocycles. The molecule has 0 bridgehead atoms. The van der Waals surface area contributed by atoms with E-state index in [2.05, 4.69) is 22.1 Å². The third-order valence-corrected chi connectivity index (χ3v) is 3.85. The van der Waals surface area contributed by atoms with E-state index in [-0.39, 0.29) is 18.6 Å². The van der Waals surface area contributed by atoms with Crippen molar-refractivity contribution in [1.29, 1.82) is 0 Å². The number of amides is 1. The Morgan fingerprint density at radius 2 is 2.25 bits per heavy atom. The summed E-state index contributed by atoms with van der Waals surface area (Å²) in [5.74, 6) is 2.09. The summed E-state index contributed by atoms with van der Waals surface area (Å²) in [6, 6.07) is 9.32. The van der Waals surface area contributed by atoms with E-state index >= 15 is 0 Å². The van der Waals surface area contributed by atoms with Gasteiger partial charge in [-0.15, -0.1) is 0 Å². The molecule has 2 aromatic rings. The number of rotatable bonds is 6. The Morgan fingerprint density at radius 3 is 3.04 bits per heavy atom. The van der Waals surface area contributed by atoms with Crippen LogP contribution in [0.15, 0.2) is 30.3 Å². The van der Waals surface area contributed by atoms with Crippen LogP contribution >= 0.6 is 0 Å². The van der Waals surface area contributed by atoms with Gasteiger partial charge in [0.15, 0.2) is 12.4 Å². The largest absolute Gasteiger partial charge is 0.484 e. The normalized spacial score (nSPS) is 17.7. The number of hydrogen-bond donors (Lipinski definition) is 1. The second-order valence-electron chi connectivity index (χ2n) is 5.69. The van der Waals surface area contributed by atoms with Crippen LogP contribution in [0.1, 0.15) is 31.1 Å². The minimum atomic E-state index is -0.290. The van der Waals surface area contributed by atoms with Gasteiger partial charge in [-0.25, -0.2) is 4.98 Å². The number of H-pyrrole nitrogens is 1. The van der Waals surface area contributed by atoms with E-state index in [1.807, 2.05) is 30.3 Å². The SMILES string of the molecule is CCCc1nc(C2CN(C(=O)COc3ccccc3)CCO2)n[nH]1. The summed E-state index contributed by atoms with van der Waals surface area (Å²) in [5.41, 5.74) is 0. The fourth-order valence-electron chi connectivity index (χ4n) is 2.59. The number of benzene rings is 1. The molecule has 1 N–H and O–H groups in total. The molecule has 1 aliphatic heterocycles. The van der Waals surface area contributed by atoms with Gasteiger partial charge in [0.2, 0.25) is 0 Å². The van der Waals surface area contributed by atoms with Crippen molar-refractivity contribution in [2.45, 2.75) is 25.9 Å². The zero-order valence-corrected chi connectivity index (χ0v) is 13.8. The van der Waals surface area contributed by atoms with E-state index in [0.29, 0.717) is 31.3 Å². The van der Waals surface area contributed by atoms with Gasteiger partial charge in [-0.1, -0.05) is 25.1 Å². The van der Waals surface area contributed by atoms with Crippen molar-refractivity contribution in [2.75, 3.05) is 26.3 Å². The third kappa shape index (κ3) is 4.11. The Morgan fingerprint density at radius 1 is 1.42 bits per heavy atom. The maximum absolute atomic E-state index is 12.4. The van der Waals surface area contributed by atoms with Gasteiger partial charge in [-0.2, -0.15) is 5.10 Å². The van der Waals surface area contributed by atoms with Crippen molar-refractivity contribution in [3.63, 3.8) is 0 Å². The van der Waals surface area contributed by atoms with Gasteiger partial charge < -0.3 is 14.4 Å². The number of para-hydroxylation sites is 1. The molecule has 24 heavy (non-hydrogen) atoms. The molecule has 128 valence electrons. The average Bonchev–Trinajstić information content (AvgIpc) is 3.10. The Labute approximate surface area is 141 Å². The number of nitrogens with zero attached hydrogens (tertiary/aromatic N) is 3. The minimum Gasteiger partial charge on any atom is -0.484 e. The van der Waals surface area contributed by atoms with Crippen LogP contribution in [-0.2, 0) is 16.0 Å². The van der Waals surface area contributed by atoms with Crippen LogP contribution in [0.5, 0.6) is 5.75 Å². The summed E-state index contributed by atoms with van der Waals surface area (Å²) in [6.07, 6.45) is 1.57. The number of nitrogens with one attached hydrogen (secondary N) is 1. The fraction of sp³-hybridized carbons (Fsp3) is 0.471. The van der Waals surface area contributed by atoms with Gasteiger partial charge >= 0.3 is 0 Å². The number of ether oxygens (including phenoxy) is 2. The van der Waals surface area contributed by atoms with Crippen LogP contribution in [0.25, 0.3) is 0 Å². The Kier molecular flexibility index (Phi) is 5.43. The second kappa shape index (κ2) is 7.92. The topological polar surface area (TPSA) is 80.3 Å². The lowest BCUT2D eigenvalue weighted by Gasteiger charge is -2.31. The molecule has 7 heteroatoms. The number of aromatic amines is 1. The predicted octanol–water partition coefficient (Wildman–Crippen LogP) is 1.74. The van der Waals surface area contributed by atoms with Crippen LogP contribution in [-0.4, -0.2) is 52.3 Å². The van der Waals surface area contributed by atoms with E-state index in [0.717, 1.165) is 18.7 Å². The molecule has 0 saturated carbocycles. The lowest BCUT2D eigenvalue weighted by atomic mass is 10.2. The molecule has 2 heterocycles. The highest BCUT2D eigenvalue weighted by molar-refractivity contribution is 5.77. The minimum absolute atomic E-state index is 0.0197. The van der Waals surface area contributed by atoms with Crippen molar-refractivity contribution < 1.29 is 14.3 Å². The van der Waals surface area contributed by atoms with E-state index in [1.165, 1.54) is 0 Å². The lowest BCUT2D eigenvalue weighted by Crippen LogP contribution is -2.44. The van der Waals surface area contributed by atoms with E-state index in [9.17, 15) is 4.79 Å². The van der Waals surface area contributed by atoms with Crippen molar-refractivity contribution in [3.05, 3.63) is 42.0 Å².